The van der Waals surface area contributed by atoms with E-state index in [2.05, 4.69) is 16.1 Å². The van der Waals surface area contributed by atoms with E-state index < -0.39 is 5.82 Å². The second-order valence-electron chi connectivity index (χ2n) is 6.15. The Kier molecular flexibility index (Phi) is 4.45. The van der Waals surface area contributed by atoms with E-state index in [1.165, 1.54) is 6.07 Å². The number of phenols is 1. The Morgan fingerprint density at radius 2 is 1.89 bits per heavy atom. The lowest BCUT2D eigenvalue weighted by Gasteiger charge is -2.00. The van der Waals surface area contributed by atoms with Gasteiger partial charge in [0.15, 0.2) is 11.6 Å². The molecule has 0 spiro atoms. The molecule has 0 saturated carbocycles. The van der Waals surface area contributed by atoms with Crippen molar-refractivity contribution in [2.45, 2.75) is 6.92 Å². The van der Waals surface area contributed by atoms with E-state index in [0.29, 0.717) is 5.82 Å². The van der Waals surface area contributed by atoms with Crippen molar-refractivity contribution in [3.63, 3.8) is 0 Å². The van der Waals surface area contributed by atoms with Gasteiger partial charge >= 0.3 is 0 Å². The number of rotatable bonds is 3. The summed E-state index contributed by atoms with van der Waals surface area (Å²) in [5.74, 6) is 0.686. The predicted octanol–water partition coefficient (Wildman–Crippen LogP) is 5.68. The third-order valence-corrected chi connectivity index (χ3v) is 5.82. The highest BCUT2D eigenvalue weighted by Gasteiger charge is 2.20. The van der Waals surface area contributed by atoms with Gasteiger partial charge in [-0.2, -0.15) is 5.10 Å². The fraction of sp³-hybridized carbons (Fsp3) is 0.100. The molecule has 1 N–H and O–H groups in total. The number of hydrogen-bond donors (Lipinski definition) is 1. The molecule has 2 aromatic heterocycles. The van der Waals surface area contributed by atoms with Crippen LogP contribution in [0.3, 0.4) is 0 Å². The van der Waals surface area contributed by atoms with Crippen molar-refractivity contribution in [3.05, 3.63) is 64.9 Å². The summed E-state index contributed by atoms with van der Waals surface area (Å²) in [6.07, 6.45) is 0. The number of halogens is 2. The zero-order valence-corrected chi connectivity index (χ0v) is 16.1. The molecule has 2 heterocycles. The second-order valence-corrected chi connectivity index (χ2v) is 7.61. The van der Waals surface area contributed by atoms with Crippen LogP contribution in [0, 0.1) is 12.7 Å². The topological polar surface area (TPSA) is 50.9 Å². The number of aromatic nitrogens is 3. The molecule has 0 amide bonds. The number of benzene rings is 2. The van der Waals surface area contributed by atoms with Crippen molar-refractivity contribution in [3.8, 4) is 38.3 Å². The fourth-order valence-electron chi connectivity index (χ4n) is 2.87. The van der Waals surface area contributed by atoms with Gasteiger partial charge in [-0.15, -0.1) is 11.3 Å². The summed E-state index contributed by atoms with van der Waals surface area (Å²) in [4.78, 5) is 6.55. The monoisotopic (exact) mass is 399 g/mol. The maximum Gasteiger partial charge on any atom is 0.186 e. The van der Waals surface area contributed by atoms with Crippen molar-refractivity contribution in [1.82, 2.24) is 14.8 Å². The largest absolute Gasteiger partial charge is 0.508 e. The summed E-state index contributed by atoms with van der Waals surface area (Å²) in [7, 11) is 1.78. The first-order valence-corrected chi connectivity index (χ1v) is 9.39. The molecule has 0 aliphatic heterocycles. The molecule has 0 atom stereocenters. The van der Waals surface area contributed by atoms with Crippen LogP contribution in [-0.2, 0) is 7.05 Å². The molecule has 4 nitrogen and oxygen atoms in total. The predicted molar refractivity (Wildman–Crippen MR) is 107 cm³/mol. The van der Waals surface area contributed by atoms with Crippen LogP contribution in [0.5, 0.6) is 5.75 Å². The van der Waals surface area contributed by atoms with Crippen molar-refractivity contribution >= 4 is 22.9 Å². The van der Waals surface area contributed by atoms with E-state index >= 15 is 0 Å². The van der Waals surface area contributed by atoms with E-state index in [1.807, 2.05) is 19.1 Å². The normalized spacial score (nSPS) is 11.1. The smallest absolute Gasteiger partial charge is 0.186 e. The van der Waals surface area contributed by atoms with Crippen molar-refractivity contribution in [2.75, 3.05) is 0 Å². The first-order chi connectivity index (χ1) is 12.9. The standard InChI is InChI=1S/C20H15ClFN3OS/c1-11-10-16(12-6-8-13(26)9-7-12)27-18(11)20-23-19(24-25(20)2)17-14(21)4-3-5-15(17)22/h3-10,26H,1-2H3. The van der Waals surface area contributed by atoms with Gasteiger partial charge < -0.3 is 5.11 Å². The number of aromatic hydroxyl groups is 1. The highest BCUT2D eigenvalue weighted by molar-refractivity contribution is 7.19. The van der Waals surface area contributed by atoms with Gasteiger partial charge in [-0.3, -0.25) is 0 Å². The van der Waals surface area contributed by atoms with E-state index in [9.17, 15) is 9.50 Å². The lowest BCUT2D eigenvalue weighted by molar-refractivity contribution is 0.475. The van der Waals surface area contributed by atoms with Crippen molar-refractivity contribution in [1.29, 1.82) is 0 Å². The molecule has 27 heavy (non-hydrogen) atoms. The zero-order valence-electron chi connectivity index (χ0n) is 14.6. The minimum Gasteiger partial charge on any atom is -0.508 e. The Bertz CT molecular complexity index is 1110. The van der Waals surface area contributed by atoms with Crippen LogP contribution in [0.1, 0.15) is 5.56 Å². The average Bonchev–Trinajstić information content (AvgIpc) is 3.18. The van der Waals surface area contributed by atoms with Crippen molar-refractivity contribution < 1.29 is 9.50 Å². The molecule has 0 radical (unpaired) electrons. The SMILES string of the molecule is Cc1cc(-c2ccc(O)cc2)sc1-c1nc(-c2c(F)cccc2Cl)nn1C. The summed E-state index contributed by atoms with van der Waals surface area (Å²) in [6.45, 7) is 2.00. The Labute approximate surface area is 164 Å². The highest BCUT2D eigenvalue weighted by atomic mass is 35.5. The van der Waals surface area contributed by atoms with Gasteiger partial charge in [-0.25, -0.2) is 14.1 Å². The summed E-state index contributed by atoms with van der Waals surface area (Å²) in [5, 5.41) is 14.1. The molecule has 0 fully saturated rings. The summed E-state index contributed by atoms with van der Waals surface area (Å²) in [6, 6.07) is 13.6. The minimum atomic E-state index is -0.452. The van der Waals surface area contributed by atoms with Gasteiger partial charge in [0.2, 0.25) is 0 Å². The highest BCUT2D eigenvalue weighted by Crippen LogP contribution is 2.38. The molecule has 4 aromatic rings. The molecule has 136 valence electrons. The van der Waals surface area contributed by atoms with Crippen LogP contribution < -0.4 is 0 Å². The second kappa shape index (κ2) is 6.79. The van der Waals surface area contributed by atoms with E-state index in [-0.39, 0.29) is 22.2 Å². The first kappa shape index (κ1) is 17.7. The number of phenolic OH excluding ortho intramolecular Hbond substituents is 1. The first-order valence-electron chi connectivity index (χ1n) is 8.19. The average molecular weight is 400 g/mol. The molecule has 0 aliphatic carbocycles. The fourth-order valence-corrected chi connectivity index (χ4v) is 4.32. The quantitative estimate of drug-likeness (QED) is 0.482. The Morgan fingerprint density at radius 3 is 2.59 bits per heavy atom. The van der Waals surface area contributed by atoms with E-state index in [0.717, 1.165) is 20.9 Å². The van der Waals surface area contributed by atoms with Crippen LogP contribution in [0.4, 0.5) is 4.39 Å². The Morgan fingerprint density at radius 1 is 1.15 bits per heavy atom. The van der Waals surface area contributed by atoms with E-state index in [4.69, 9.17) is 11.6 Å². The van der Waals surface area contributed by atoms with Gasteiger partial charge in [-0.05, 0) is 60.5 Å². The van der Waals surface area contributed by atoms with Gasteiger partial charge in [0.05, 0.1) is 15.5 Å². The Hall–Kier alpha value is -2.70. The van der Waals surface area contributed by atoms with Gasteiger partial charge in [-0.1, -0.05) is 17.7 Å². The van der Waals surface area contributed by atoms with Gasteiger partial charge in [0.25, 0.3) is 0 Å². The molecule has 0 bridgehead atoms. The molecule has 4 rings (SSSR count). The molecule has 2 aromatic carbocycles. The van der Waals surface area contributed by atoms with Gasteiger partial charge in [0, 0.05) is 11.9 Å². The molecule has 0 unspecified atom stereocenters. The molecule has 7 heteroatoms. The maximum absolute atomic E-state index is 14.2. The minimum absolute atomic E-state index is 0.203. The lowest BCUT2D eigenvalue weighted by atomic mass is 10.1. The zero-order chi connectivity index (χ0) is 19.1. The lowest BCUT2D eigenvalue weighted by Crippen LogP contribution is -1.94. The maximum atomic E-state index is 14.2. The van der Waals surface area contributed by atoms with Crippen LogP contribution in [-0.4, -0.2) is 19.9 Å². The third-order valence-electron chi connectivity index (χ3n) is 4.22. The summed E-state index contributed by atoms with van der Waals surface area (Å²) >= 11 is 7.72. The number of hydrogen-bond acceptors (Lipinski definition) is 4. The molecular weight excluding hydrogens is 385 g/mol. The summed E-state index contributed by atoms with van der Waals surface area (Å²) in [5.41, 5.74) is 2.26. The van der Waals surface area contributed by atoms with Crippen LogP contribution in [0.25, 0.3) is 32.5 Å². The molecule has 0 aliphatic rings. The number of thiophene rings is 1. The van der Waals surface area contributed by atoms with Gasteiger partial charge in [0.1, 0.15) is 11.6 Å². The number of aryl methyl sites for hydroxylation is 2. The van der Waals surface area contributed by atoms with E-state index in [1.54, 1.807) is 47.3 Å². The number of nitrogens with zero attached hydrogens (tertiary/aromatic N) is 3. The molecular formula is C20H15ClFN3OS. The third kappa shape index (κ3) is 3.22. The van der Waals surface area contributed by atoms with Crippen molar-refractivity contribution in [2.24, 2.45) is 7.05 Å². The Balaban J connectivity index is 1.79. The summed E-state index contributed by atoms with van der Waals surface area (Å²) < 4.78 is 15.9. The van der Waals surface area contributed by atoms with Crippen LogP contribution in [0.2, 0.25) is 5.02 Å². The molecule has 0 saturated heterocycles. The van der Waals surface area contributed by atoms with Crippen LogP contribution in [0.15, 0.2) is 48.5 Å². The van der Waals surface area contributed by atoms with Crippen LogP contribution >= 0.6 is 22.9 Å².